The average molecular weight is 490 g/mol. The Bertz CT molecular complexity index is 977. The Labute approximate surface area is 192 Å². The largest absolute Gasteiger partial charge is 0.416 e. The number of nitrogens with one attached hydrogen (secondary N) is 1. The van der Waals surface area contributed by atoms with Crippen molar-refractivity contribution in [3.8, 4) is 0 Å². The molecule has 186 valence electrons. The maximum absolute atomic E-state index is 13.4. The highest BCUT2D eigenvalue weighted by Gasteiger charge is 2.39. The summed E-state index contributed by atoms with van der Waals surface area (Å²) in [6.45, 7) is 2.62. The molecule has 1 aliphatic heterocycles. The van der Waals surface area contributed by atoms with Crippen LogP contribution >= 0.6 is 0 Å². The molecule has 1 atom stereocenters. The van der Waals surface area contributed by atoms with Crippen LogP contribution < -0.4 is 5.32 Å². The van der Waals surface area contributed by atoms with Crippen molar-refractivity contribution in [2.45, 2.75) is 50.0 Å². The second-order valence-corrected chi connectivity index (χ2v) is 8.73. The van der Waals surface area contributed by atoms with Gasteiger partial charge in [-0.05, 0) is 74.3 Å². The first-order valence-corrected chi connectivity index (χ1v) is 10.7. The molecule has 0 spiro atoms. The first-order chi connectivity index (χ1) is 15.7. The molecule has 0 bridgehead atoms. The van der Waals surface area contributed by atoms with Crippen molar-refractivity contribution in [3.63, 3.8) is 0 Å². The number of piperidine rings is 1. The minimum atomic E-state index is -4.97. The Balaban J connectivity index is 1.90. The van der Waals surface area contributed by atoms with Gasteiger partial charge in [0, 0.05) is 18.9 Å². The topological polar surface area (TPSA) is 32.3 Å². The van der Waals surface area contributed by atoms with E-state index < -0.39 is 46.7 Å². The smallest absolute Gasteiger partial charge is 0.339 e. The Morgan fingerprint density at radius 3 is 1.94 bits per heavy atom. The van der Waals surface area contributed by atoms with Crippen LogP contribution in [0, 0.1) is 5.82 Å². The molecule has 34 heavy (non-hydrogen) atoms. The molecule has 0 saturated carbocycles. The Morgan fingerprint density at radius 2 is 1.47 bits per heavy atom. The van der Waals surface area contributed by atoms with Crippen LogP contribution in [0.25, 0.3) is 0 Å². The number of nitrogens with zero attached hydrogens (tertiary/aromatic N) is 1. The van der Waals surface area contributed by atoms with Gasteiger partial charge in [0.15, 0.2) is 0 Å². The maximum atomic E-state index is 13.4. The van der Waals surface area contributed by atoms with E-state index in [4.69, 9.17) is 0 Å². The molecule has 2 aromatic rings. The highest BCUT2D eigenvalue weighted by atomic mass is 19.4. The van der Waals surface area contributed by atoms with E-state index in [9.17, 15) is 35.5 Å². The quantitative estimate of drug-likeness (QED) is 0.515. The summed E-state index contributed by atoms with van der Waals surface area (Å²) >= 11 is 0. The Kier molecular flexibility index (Phi) is 7.31. The number of rotatable bonds is 5. The summed E-state index contributed by atoms with van der Waals surface area (Å²) in [7, 11) is 1.36. The van der Waals surface area contributed by atoms with Gasteiger partial charge in [-0.3, -0.25) is 4.79 Å². The molecule has 2 aromatic carbocycles. The third kappa shape index (κ3) is 5.71. The molecule has 0 aromatic heterocycles. The van der Waals surface area contributed by atoms with E-state index in [1.807, 2.05) is 0 Å². The van der Waals surface area contributed by atoms with Crippen molar-refractivity contribution in [3.05, 3.63) is 70.5 Å². The summed E-state index contributed by atoms with van der Waals surface area (Å²) in [5, 5.41) is 3.20. The van der Waals surface area contributed by atoms with Crippen molar-refractivity contribution in [2.75, 3.05) is 20.1 Å². The molecule has 1 fully saturated rings. The van der Waals surface area contributed by atoms with Gasteiger partial charge in [0.25, 0.3) is 0 Å². The number of carbonyl (C=O) groups is 1. The first-order valence-electron chi connectivity index (χ1n) is 10.7. The average Bonchev–Trinajstić information content (AvgIpc) is 2.77. The molecule has 1 aliphatic rings. The van der Waals surface area contributed by atoms with Crippen molar-refractivity contribution in [2.24, 2.45) is 0 Å². The fraction of sp³-hybridized carbons (Fsp3) is 0.458. The molecular weight excluding hydrogens is 465 g/mol. The third-order valence-electron chi connectivity index (χ3n) is 6.57. The molecular formula is C24H25F7N2O. The van der Waals surface area contributed by atoms with Gasteiger partial charge >= 0.3 is 12.4 Å². The predicted molar refractivity (Wildman–Crippen MR) is 112 cm³/mol. The summed E-state index contributed by atoms with van der Waals surface area (Å²) in [4.78, 5) is 14.4. The van der Waals surface area contributed by atoms with Gasteiger partial charge in [0.1, 0.15) is 5.82 Å². The minimum absolute atomic E-state index is 0.00770. The lowest BCUT2D eigenvalue weighted by Crippen LogP contribution is -2.44. The zero-order valence-corrected chi connectivity index (χ0v) is 18.7. The van der Waals surface area contributed by atoms with Gasteiger partial charge in [-0.2, -0.15) is 26.3 Å². The predicted octanol–water partition coefficient (Wildman–Crippen LogP) is 6.09. The van der Waals surface area contributed by atoms with Crippen LogP contribution in [0.3, 0.4) is 0 Å². The van der Waals surface area contributed by atoms with Crippen molar-refractivity contribution in [1.82, 2.24) is 10.2 Å². The lowest BCUT2D eigenvalue weighted by molar-refractivity contribution is -0.143. The normalized spacial score (nSPS) is 17.3. The van der Waals surface area contributed by atoms with Gasteiger partial charge in [-0.1, -0.05) is 12.1 Å². The summed E-state index contributed by atoms with van der Waals surface area (Å²) in [5.41, 5.74) is -2.96. The summed E-state index contributed by atoms with van der Waals surface area (Å²) < 4.78 is 93.0. The molecule has 1 saturated heterocycles. The molecule has 3 rings (SSSR count). The van der Waals surface area contributed by atoms with E-state index >= 15 is 0 Å². The summed E-state index contributed by atoms with van der Waals surface area (Å²) in [6.07, 6.45) is -8.80. The number of alkyl halides is 6. The van der Waals surface area contributed by atoms with Crippen LogP contribution in [-0.2, 0) is 22.6 Å². The highest BCUT2D eigenvalue weighted by Crippen LogP contribution is 2.40. The molecule has 1 N–H and O–H groups in total. The van der Waals surface area contributed by atoms with Crippen LogP contribution in [0.5, 0.6) is 0 Å². The van der Waals surface area contributed by atoms with E-state index in [2.05, 4.69) is 5.32 Å². The van der Waals surface area contributed by atoms with Gasteiger partial charge in [0.05, 0.1) is 17.2 Å². The molecule has 0 radical (unpaired) electrons. The Hall–Kier alpha value is -2.62. The molecule has 3 nitrogen and oxygen atoms in total. The van der Waals surface area contributed by atoms with Gasteiger partial charge in [-0.25, -0.2) is 4.39 Å². The second kappa shape index (κ2) is 9.56. The molecule has 0 aliphatic carbocycles. The highest BCUT2D eigenvalue weighted by molar-refractivity contribution is 5.78. The van der Waals surface area contributed by atoms with Gasteiger partial charge < -0.3 is 10.2 Å². The summed E-state index contributed by atoms with van der Waals surface area (Å²) in [5.74, 6) is -0.848. The van der Waals surface area contributed by atoms with E-state index in [0.717, 1.165) is 5.56 Å². The van der Waals surface area contributed by atoms with Crippen LogP contribution in [0.2, 0.25) is 0 Å². The number of halogens is 7. The molecule has 1 heterocycles. The number of hydrogen-bond donors (Lipinski definition) is 1. The zero-order chi connectivity index (χ0) is 25.3. The van der Waals surface area contributed by atoms with Crippen LogP contribution in [0.15, 0.2) is 42.5 Å². The lowest BCUT2D eigenvalue weighted by atomic mass is 9.70. The first kappa shape index (κ1) is 26.0. The van der Waals surface area contributed by atoms with E-state index in [1.54, 1.807) is 12.1 Å². The monoisotopic (exact) mass is 490 g/mol. The lowest BCUT2D eigenvalue weighted by Gasteiger charge is -2.39. The number of hydrogen-bond acceptors (Lipinski definition) is 2. The van der Waals surface area contributed by atoms with E-state index in [-0.39, 0.29) is 18.1 Å². The fourth-order valence-corrected chi connectivity index (χ4v) is 4.35. The Morgan fingerprint density at radius 1 is 0.971 bits per heavy atom. The van der Waals surface area contributed by atoms with Crippen molar-refractivity contribution >= 4 is 5.91 Å². The fourth-order valence-electron chi connectivity index (χ4n) is 4.35. The standard InChI is InChI=1S/C24H25F7N2O/c1-15(16-11-18(23(26,27)28)13-19(12-16)24(29,30)31)33(2)21(34)14-22(7-9-32-10-8-22)17-3-5-20(25)6-4-17/h3-6,11-13,15,32H,7-10,14H2,1-2H3. The number of benzene rings is 2. The minimum Gasteiger partial charge on any atom is -0.339 e. The van der Waals surface area contributed by atoms with Crippen LogP contribution in [0.4, 0.5) is 30.7 Å². The van der Waals surface area contributed by atoms with Crippen LogP contribution in [-0.4, -0.2) is 30.9 Å². The van der Waals surface area contributed by atoms with Gasteiger partial charge in [-0.15, -0.1) is 0 Å². The maximum Gasteiger partial charge on any atom is 0.416 e. The van der Waals surface area contributed by atoms with Crippen LogP contribution in [0.1, 0.15) is 54.5 Å². The van der Waals surface area contributed by atoms with Crippen molar-refractivity contribution < 1.29 is 35.5 Å². The van der Waals surface area contributed by atoms with Gasteiger partial charge in [0.2, 0.25) is 5.91 Å². The number of amides is 1. The van der Waals surface area contributed by atoms with E-state index in [1.165, 1.54) is 31.0 Å². The molecule has 1 unspecified atom stereocenters. The zero-order valence-electron chi connectivity index (χ0n) is 18.7. The van der Waals surface area contributed by atoms with E-state index in [0.29, 0.717) is 38.1 Å². The molecule has 1 amide bonds. The summed E-state index contributed by atoms with van der Waals surface area (Å²) in [6, 6.07) is 6.14. The molecule has 10 heteroatoms. The number of carbonyl (C=O) groups excluding carboxylic acids is 1. The second-order valence-electron chi connectivity index (χ2n) is 8.73. The SMILES string of the molecule is CC(c1cc(C(F)(F)F)cc(C(F)(F)F)c1)N(C)C(=O)CC1(c2ccc(F)cc2)CCNCC1. The van der Waals surface area contributed by atoms with Crippen molar-refractivity contribution in [1.29, 1.82) is 0 Å². The third-order valence-corrected chi connectivity index (χ3v) is 6.57.